The normalized spacial score (nSPS) is 14.9. The largest absolute Gasteiger partial charge is 0.384 e. The van der Waals surface area contributed by atoms with Crippen LogP contribution in [0.1, 0.15) is 25.1 Å². The lowest BCUT2D eigenvalue weighted by Gasteiger charge is -2.20. The lowest BCUT2D eigenvalue weighted by Crippen LogP contribution is -2.33. The molecule has 0 radical (unpaired) electrons. The molecule has 0 bridgehead atoms. The lowest BCUT2D eigenvalue weighted by molar-refractivity contribution is 0.149. The molecule has 2 unspecified atom stereocenters. The summed E-state index contributed by atoms with van der Waals surface area (Å²) in [6.45, 7) is 6.24. The first kappa shape index (κ1) is 13.6. The van der Waals surface area contributed by atoms with Crippen molar-refractivity contribution in [2.24, 2.45) is 5.92 Å². The van der Waals surface area contributed by atoms with Crippen LogP contribution in [-0.2, 0) is 11.2 Å². The molecule has 0 saturated carbocycles. The summed E-state index contributed by atoms with van der Waals surface area (Å²) in [4.78, 5) is 5.47. The predicted octanol–water partition coefficient (Wildman–Crippen LogP) is 2.34. The van der Waals surface area contributed by atoms with Gasteiger partial charge in [0.15, 0.2) is 0 Å². The Morgan fingerprint density at radius 3 is 2.94 bits per heavy atom. The van der Waals surface area contributed by atoms with Crippen LogP contribution in [0.25, 0.3) is 0 Å². The maximum Gasteiger partial charge on any atom is 0.0794 e. The first-order valence-electron chi connectivity index (χ1n) is 5.86. The van der Waals surface area contributed by atoms with Crippen molar-refractivity contribution in [2.75, 3.05) is 20.3 Å². The molecule has 4 heteroatoms. The molecule has 1 N–H and O–H groups in total. The minimum Gasteiger partial charge on any atom is -0.384 e. The number of thiazole rings is 1. The molecule has 1 rings (SSSR count). The van der Waals surface area contributed by atoms with Crippen molar-refractivity contribution >= 4 is 11.3 Å². The van der Waals surface area contributed by atoms with Gasteiger partial charge < -0.3 is 10.1 Å². The van der Waals surface area contributed by atoms with Crippen molar-refractivity contribution in [3.05, 3.63) is 16.6 Å². The molecule has 0 aromatic carbocycles. The number of nitrogens with one attached hydrogen (secondary N) is 1. The average molecular weight is 242 g/mol. The molecule has 0 saturated heterocycles. The smallest absolute Gasteiger partial charge is 0.0794 e. The Balaban J connectivity index is 2.40. The van der Waals surface area contributed by atoms with Crippen LogP contribution in [0.3, 0.4) is 0 Å². The van der Waals surface area contributed by atoms with Crippen molar-refractivity contribution in [2.45, 2.75) is 32.7 Å². The van der Waals surface area contributed by atoms with E-state index in [0.29, 0.717) is 12.0 Å². The van der Waals surface area contributed by atoms with E-state index in [2.05, 4.69) is 24.1 Å². The van der Waals surface area contributed by atoms with E-state index < -0.39 is 0 Å². The van der Waals surface area contributed by atoms with E-state index in [1.54, 1.807) is 18.4 Å². The molecule has 1 aromatic heterocycles. The maximum absolute atomic E-state index is 5.18. The summed E-state index contributed by atoms with van der Waals surface area (Å²) < 4.78 is 5.18. The number of nitrogens with zero attached hydrogens (tertiary/aromatic N) is 1. The maximum atomic E-state index is 5.18. The first-order valence-corrected chi connectivity index (χ1v) is 6.73. The predicted molar refractivity (Wildman–Crippen MR) is 68.9 cm³/mol. The van der Waals surface area contributed by atoms with Crippen LogP contribution in [-0.4, -0.2) is 31.3 Å². The summed E-state index contributed by atoms with van der Waals surface area (Å²) in [5, 5.41) is 3.53. The van der Waals surface area contributed by atoms with Gasteiger partial charge in [-0.25, -0.2) is 0 Å². The van der Waals surface area contributed by atoms with Crippen molar-refractivity contribution < 1.29 is 4.74 Å². The second kappa shape index (κ2) is 7.76. The summed E-state index contributed by atoms with van der Waals surface area (Å²) in [6.07, 6.45) is 4.20. The fourth-order valence-corrected chi connectivity index (χ4v) is 2.63. The van der Waals surface area contributed by atoms with E-state index in [9.17, 15) is 0 Å². The van der Waals surface area contributed by atoms with E-state index in [1.165, 1.54) is 4.88 Å². The summed E-state index contributed by atoms with van der Waals surface area (Å²) in [7, 11) is 1.77. The molecule has 0 aliphatic heterocycles. The zero-order valence-electron chi connectivity index (χ0n) is 10.4. The third-order valence-corrected chi connectivity index (χ3v) is 3.36. The highest BCUT2D eigenvalue weighted by Gasteiger charge is 2.13. The quantitative estimate of drug-likeness (QED) is 0.760. The molecule has 16 heavy (non-hydrogen) atoms. The van der Waals surface area contributed by atoms with E-state index in [0.717, 1.165) is 26.0 Å². The number of methoxy groups -OCH3 is 1. The Hall–Kier alpha value is -0.450. The van der Waals surface area contributed by atoms with Gasteiger partial charge in [0.1, 0.15) is 0 Å². The van der Waals surface area contributed by atoms with E-state index in [1.807, 2.05) is 11.7 Å². The number of likely N-dealkylation sites (N-methyl/N-ethyl adjacent to an activating group) is 1. The molecule has 0 fully saturated rings. The molecule has 2 atom stereocenters. The summed E-state index contributed by atoms with van der Waals surface area (Å²) in [5.41, 5.74) is 1.90. The average Bonchev–Trinajstić information content (AvgIpc) is 2.71. The van der Waals surface area contributed by atoms with Gasteiger partial charge in [0.25, 0.3) is 0 Å². The number of rotatable bonds is 8. The molecular weight excluding hydrogens is 220 g/mol. The van der Waals surface area contributed by atoms with Crippen molar-refractivity contribution in [1.82, 2.24) is 10.3 Å². The van der Waals surface area contributed by atoms with E-state index in [4.69, 9.17) is 4.74 Å². The monoisotopic (exact) mass is 242 g/mol. The van der Waals surface area contributed by atoms with Crippen molar-refractivity contribution in [3.63, 3.8) is 0 Å². The zero-order valence-corrected chi connectivity index (χ0v) is 11.2. The Labute approximate surface area is 102 Å². The van der Waals surface area contributed by atoms with Gasteiger partial charge in [0, 0.05) is 30.8 Å². The molecule has 0 aliphatic carbocycles. The van der Waals surface area contributed by atoms with Gasteiger partial charge in [-0.15, -0.1) is 11.3 Å². The third kappa shape index (κ3) is 5.05. The molecule has 3 nitrogen and oxygen atoms in total. The third-order valence-electron chi connectivity index (χ3n) is 2.56. The molecule has 1 heterocycles. The van der Waals surface area contributed by atoms with Crippen LogP contribution in [0.2, 0.25) is 0 Å². The SMILES string of the molecule is CCNC(Cc1cncs1)CC(C)COC. The van der Waals surface area contributed by atoms with Crippen LogP contribution in [0.4, 0.5) is 0 Å². The van der Waals surface area contributed by atoms with Crippen LogP contribution in [0.15, 0.2) is 11.7 Å². The highest BCUT2D eigenvalue weighted by Crippen LogP contribution is 2.14. The Bertz CT molecular complexity index is 264. The van der Waals surface area contributed by atoms with Crippen molar-refractivity contribution in [3.8, 4) is 0 Å². The second-order valence-electron chi connectivity index (χ2n) is 4.22. The molecule has 0 spiro atoms. The van der Waals surface area contributed by atoms with Gasteiger partial charge in [-0.05, 0) is 25.3 Å². The molecular formula is C12H22N2OS. The summed E-state index contributed by atoms with van der Waals surface area (Å²) >= 11 is 1.74. The van der Waals surface area contributed by atoms with Gasteiger partial charge in [-0.1, -0.05) is 13.8 Å². The van der Waals surface area contributed by atoms with Crippen molar-refractivity contribution in [1.29, 1.82) is 0 Å². The number of hydrogen-bond acceptors (Lipinski definition) is 4. The Kier molecular flexibility index (Phi) is 6.61. The van der Waals surface area contributed by atoms with Gasteiger partial charge >= 0.3 is 0 Å². The first-order chi connectivity index (χ1) is 7.76. The Morgan fingerprint density at radius 2 is 2.38 bits per heavy atom. The molecule has 1 aromatic rings. The van der Waals surface area contributed by atoms with Gasteiger partial charge in [-0.2, -0.15) is 0 Å². The van der Waals surface area contributed by atoms with Crippen LogP contribution >= 0.6 is 11.3 Å². The highest BCUT2D eigenvalue weighted by molar-refractivity contribution is 7.09. The fourth-order valence-electron chi connectivity index (χ4n) is 1.95. The summed E-state index contributed by atoms with van der Waals surface area (Å²) in [5.74, 6) is 0.599. The minimum absolute atomic E-state index is 0.538. The molecule has 0 amide bonds. The van der Waals surface area contributed by atoms with Gasteiger partial charge in [0.2, 0.25) is 0 Å². The lowest BCUT2D eigenvalue weighted by atomic mass is 9.99. The van der Waals surface area contributed by atoms with Crippen LogP contribution in [0.5, 0.6) is 0 Å². The minimum atomic E-state index is 0.538. The zero-order chi connectivity index (χ0) is 11.8. The number of hydrogen-bond donors (Lipinski definition) is 1. The molecule has 0 aliphatic rings. The summed E-state index contributed by atoms with van der Waals surface area (Å²) in [6, 6.07) is 0.538. The van der Waals surface area contributed by atoms with E-state index >= 15 is 0 Å². The fraction of sp³-hybridized carbons (Fsp3) is 0.750. The second-order valence-corrected chi connectivity index (χ2v) is 5.19. The standard InChI is InChI=1S/C12H22N2OS/c1-4-14-11(5-10(2)8-15-3)6-12-7-13-9-16-12/h7,9-11,14H,4-6,8H2,1-3H3. The number of aromatic nitrogens is 1. The topological polar surface area (TPSA) is 34.2 Å². The molecule has 92 valence electrons. The van der Waals surface area contributed by atoms with Crippen LogP contribution in [0, 0.1) is 5.92 Å². The van der Waals surface area contributed by atoms with Crippen LogP contribution < -0.4 is 5.32 Å². The Morgan fingerprint density at radius 1 is 1.56 bits per heavy atom. The van der Waals surface area contributed by atoms with Gasteiger partial charge in [0.05, 0.1) is 5.51 Å². The van der Waals surface area contributed by atoms with E-state index in [-0.39, 0.29) is 0 Å². The highest BCUT2D eigenvalue weighted by atomic mass is 32.1. The number of ether oxygens (including phenoxy) is 1. The van der Waals surface area contributed by atoms with Gasteiger partial charge in [-0.3, -0.25) is 4.98 Å².